The lowest BCUT2D eigenvalue weighted by molar-refractivity contribution is -0.152. The highest BCUT2D eigenvalue weighted by Crippen LogP contribution is 2.53. The van der Waals surface area contributed by atoms with E-state index in [-0.39, 0.29) is 18.0 Å². The number of unbranched alkanes of at least 4 members (excludes halogenated alkanes) is 1. The van der Waals surface area contributed by atoms with Crippen molar-refractivity contribution in [2.45, 2.75) is 31.5 Å². The van der Waals surface area contributed by atoms with Crippen molar-refractivity contribution in [2.75, 3.05) is 18.1 Å². The molecule has 2 saturated heterocycles. The molecule has 0 aromatic heterocycles. The maximum absolute atomic E-state index is 13.1. The average molecular weight is 362 g/mol. The van der Waals surface area contributed by atoms with Gasteiger partial charge in [-0.05, 0) is 18.6 Å². The number of ether oxygens (including phenoxy) is 2. The second kappa shape index (κ2) is 6.15. The predicted molar refractivity (Wildman–Crippen MR) is 93.4 cm³/mol. The molecule has 2 bridgehead atoms. The molecule has 0 saturated carbocycles. The lowest BCUT2D eigenvalue weighted by atomic mass is 9.77. The second-order valence-corrected chi connectivity index (χ2v) is 7.20. The summed E-state index contributed by atoms with van der Waals surface area (Å²) >= 11 is 6.26. The summed E-state index contributed by atoms with van der Waals surface area (Å²) in [6, 6.07) is 7.22. The zero-order valence-electron chi connectivity index (χ0n) is 14.0. The Labute approximate surface area is 151 Å². The standard InChI is InChI=1S/C19H20ClNO4/c1-2-3-10-24-18(23)15-14-8-9-19(25-14)11-21(17(22)16(15)19)13-7-5-4-6-12(13)20/h4-9,14-16H,2-3,10-11H2,1H3/t14-,15-,16+,19+/m1/s1. The van der Waals surface area contributed by atoms with Gasteiger partial charge in [-0.25, -0.2) is 0 Å². The number of carbonyl (C=O) groups excluding carboxylic acids is 2. The molecule has 3 aliphatic heterocycles. The molecule has 3 heterocycles. The fraction of sp³-hybridized carbons (Fsp3) is 0.474. The van der Waals surface area contributed by atoms with Crippen LogP contribution in [0.3, 0.4) is 0 Å². The van der Waals surface area contributed by atoms with Gasteiger partial charge in [-0.2, -0.15) is 0 Å². The quantitative estimate of drug-likeness (QED) is 0.459. The summed E-state index contributed by atoms with van der Waals surface area (Å²) in [6.45, 7) is 2.78. The van der Waals surface area contributed by atoms with E-state index in [0.717, 1.165) is 12.8 Å². The van der Waals surface area contributed by atoms with Crippen molar-refractivity contribution in [3.8, 4) is 0 Å². The topological polar surface area (TPSA) is 55.8 Å². The highest BCUT2D eigenvalue weighted by molar-refractivity contribution is 6.34. The summed E-state index contributed by atoms with van der Waals surface area (Å²) in [7, 11) is 0. The third-order valence-electron chi connectivity index (χ3n) is 5.26. The molecule has 6 heteroatoms. The van der Waals surface area contributed by atoms with Crippen molar-refractivity contribution in [2.24, 2.45) is 11.8 Å². The number of amides is 1. The van der Waals surface area contributed by atoms with Crippen LogP contribution in [0.2, 0.25) is 5.02 Å². The number of carbonyl (C=O) groups is 2. The summed E-state index contributed by atoms with van der Waals surface area (Å²) in [4.78, 5) is 27.3. The number of halogens is 1. The monoisotopic (exact) mass is 361 g/mol. The maximum atomic E-state index is 13.1. The van der Waals surface area contributed by atoms with E-state index in [4.69, 9.17) is 21.1 Å². The summed E-state index contributed by atoms with van der Waals surface area (Å²) in [6.07, 6.45) is 5.19. The Morgan fingerprint density at radius 1 is 1.44 bits per heavy atom. The molecule has 3 aliphatic rings. The lowest BCUT2D eigenvalue weighted by Crippen LogP contribution is -2.40. The Hall–Kier alpha value is -1.85. The number of fused-ring (bicyclic) bond motifs is 1. The van der Waals surface area contributed by atoms with E-state index in [2.05, 4.69) is 0 Å². The molecule has 4 rings (SSSR count). The average Bonchev–Trinajstić information content (AvgIpc) is 3.24. The van der Waals surface area contributed by atoms with Gasteiger partial charge in [0.15, 0.2) is 0 Å². The van der Waals surface area contributed by atoms with Crippen molar-refractivity contribution in [1.82, 2.24) is 0 Å². The number of rotatable bonds is 5. The van der Waals surface area contributed by atoms with Gasteiger partial charge in [-0.15, -0.1) is 0 Å². The van der Waals surface area contributed by atoms with Gasteiger partial charge in [0.1, 0.15) is 11.5 Å². The Morgan fingerprint density at radius 2 is 2.24 bits per heavy atom. The molecule has 132 valence electrons. The number of para-hydroxylation sites is 1. The van der Waals surface area contributed by atoms with Gasteiger partial charge in [-0.1, -0.05) is 49.2 Å². The first kappa shape index (κ1) is 16.6. The van der Waals surface area contributed by atoms with Gasteiger partial charge in [0, 0.05) is 0 Å². The van der Waals surface area contributed by atoms with Crippen LogP contribution in [0.15, 0.2) is 36.4 Å². The summed E-state index contributed by atoms with van der Waals surface area (Å²) in [5, 5.41) is 0.507. The number of hydrogen-bond donors (Lipinski definition) is 0. The van der Waals surface area contributed by atoms with Gasteiger partial charge in [0.25, 0.3) is 0 Å². The molecule has 1 aromatic rings. The van der Waals surface area contributed by atoms with E-state index in [0.29, 0.717) is 23.9 Å². The van der Waals surface area contributed by atoms with E-state index in [1.54, 1.807) is 11.0 Å². The predicted octanol–water partition coefficient (Wildman–Crippen LogP) is 2.97. The van der Waals surface area contributed by atoms with Crippen LogP contribution in [0.4, 0.5) is 5.69 Å². The van der Waals surface area contributed by atoms with Crippen molar-refractivity contribution >= 4 is 29.2 Å². The van der Waals surface area contributed by atoms with Crippen molar-refractivity contribution in [1.29, 1.82) is 0 Å². The molecule has 1 amide bonds. The van der Waals surface area contributed by atoms with E-state index >= 15 is 0 Å². The van der Waals surface area contributed by atoms with E-state index in [1.165, 1.54) is 0 Å². The summed E-state index contributed by atoms with van der Waals surface area (Å²) in [5.41, 5.74) is -0.105. The minimum atomic E-state index is -0.755. The Balaban J connectivity index is 1.61. The highest BCUT2D eigenvalue weighted by Gasteiger charge is 2.67. The fourth-order valence-corrected chi connectivity index (χ4v) is 4.29. The first-order valence-electron chi connectivity index (χ1n) is 8.67. The second-order valence-electron chi connectivity index (χ2n) is 6.80. The zero-order valence-corrected chi connectivity index (χ0v) is 14.7. The molecule has 25 heavy (non-hydrogen) atoms. The number of benzene rings is 1. The number of esters is 1. The number of hydrogen-bond acceptors (Lipinski definition) is 4. The number of anilines is 1. The molecular weight excluding hydrogens is 342 g/mol. The Kier molecular flexibility index (Phi) is 4.08. The largest absolute Gasteiger partial charge is 0.465 e. The SMILES string of the molecule is CCCCOC(=O)[C@H]1[C@H]2C(=O)N(c3ccccc3Cl)C[C@@]23C=C[C@H]1O3. The van der Waals surface area contributed by atoms with Gasteiger partial charge >= 0.3 is 5.97 Å². The van der Waals surface area contributed by atoms with Crippen molar-refractivity contribution < 1.29 is 19.1 Å². The smallest absolute Gasteiger partial charge is 0.312 e. The molecule has 0 radical (unpaired) electrons. The van der Waals surface area contributed by atoms with E-state index in [9.17, 15) is 9.59 Å². The molecule has 1 spiro atoms. The van der Waals surface area contributed by atoms with Crippen LogP contribution < -0.4 is 4.90 Å². The zero-order chi connectivity index (χ0) is 17.6. The normalized spacial score (nSPS) is 32.3. The van der Waals surface area contributed by atoms with Gasteiger partial charge in [0.2, 0.25) is 5.91 Å². The van der Waals surface area contributed by atoms with Gasteiger partial charge in [-0.3, -0.25) is 9.59 Å². The first-order valence-corrected chi connectivity index (χ1v) is 9.05. The van der Waals surface area contributed by atoms with Crippen LogP contribution in [-0.4, -0.2) is 36.7 Å². The molecule has 0 N–H and O–H groups in total. The van der Waals surface area contributed by atoms with Crippen LogP contribution in [0, 0.1) is 11.8 Å². The molecule has 5 nitrogen and oxygen atoms in total. The van der Waals surface area contributed by atoms with Crippen LogP contribution in [0.25, 0.3) is 0 Å². The fourth-order valence-electron chi connectivity index (χ4n) is 4.06. The molecule has 1 aromatic carbocycles. The summed E-state index contributed by atoms with van der Waals surface area (Å²) < 4.78 is 11.5. The van der Waals surface area contributed by atoms with Gasteiger partial charge < -0.3 is 14.4 Å². The van der Waals surface area contributed by atoms with Crippen molar-refractivity contribution in [3.05, 3.63) is 41.4 Å². The van der Waals surface area contributed by atoms with Crippen LogP contribution in [0.5, 0.6) is 0 Å². The Morgan fingerprint density at radius 3 is 3.00 bits per heavy atom. The molecule has 4 atom stereocenters. The van der Waals surface area contributed by atoms with Crippen LogP contribution in [-0.2, 0) is 19.1 Å². The minimum absolute atomic E-state index is 0.127. The van der Waals surface area contributed by atoms with Crippen molar-refractivity contribution in [3.63, 3.8) is 0 Å². The molecule has 0 aliphatic carbocycles. The third-order valence-corrected chi connectivity index (χ3v) is 5.58. The number of nitrogens with zero attached hydrogens (tertiary/aromatic N) is 1. The van der Waals surface area contributed by atoms with E-state index in [1.807, 2.05) is 37.3 Å². The lowest BCUT2D eigenvalue weighted by Gasteiger charge is -2.22. The first-order chi connectivity index (χ1) is 12.1. The highest BCUT2D eigenvalue weighted by atomic mass is 35.5. The van der Waals surface area contributed by atoms with Crippen LogP contribution in [0.1, 0.15) is 19.8 Å². The van der Waals surface area contributed by atoms with Crippen LogP contribution >= 0.6 is 11.6 Å². The van der Waals surface area contributed by atoms with E-state index < -0.39 is 17.4 Å². The third kappa shape index (κ3) is 2.49. The molecule has 0 unspecified atom stereocenters. The molecule has 2 fully saturated rings. The Bertz CT molecular complexity index is 749. The minimum Gasteiger partial charge on any atom is -0.465 e. The maximum Gasteiger partial charge on any atom is 0.312 e. The summed E-state index contributed by atoms with van der Waals surface area (Å²) in [5.74, 6) is -1.60. The molecular formula is C19H20ClNO4. The van der Waals surface area contributed by atoms with Gasteiger partial charge in [0.05, 0.1) is 35.9 Å².